The highest BCUT2D eigenvalue weighted by atomic mass is 16.1. The van der Waals surface area contributed by atoms with Crippen LogP contribution in [0.25, 0.3) is 5.69 Å². The number of nitrogens with one attached hydrogen (secondary N) is 1. The molecule has 1 aliphatic rings. The fourth-order valence-corrected chi connectivity index (χ4v) is 2.66. The van der Waals surface area contributed by atoms with Crippen molar-refractivity contribution in [2.24, 2.45) is 0 Å². The van der Waals surface area contributed by atoms with Crippen LogP contribution in [0.15, 0.2) is 41.3 Å². The van der Waals surface area contributed by atoms with Gasteiger partial charge in [0.05, 0.1) is 5.69 Å². The molecule has 2 heterocycles. The minimum absolute atomic E-state index is 0.244. The summed E-state index contributed by atoms with van der Waals surface area (Å²) in [6.07, 6.45) is 2.68. The second kappa shape index (κ2) is 6.72. The van der Waals surface area contributed by atoms with Crippen LogP contribution in [0.2, 0.25) is 0 Å². The Hall–Kier alpha value is -2.18. The van der Waals surface area contributed by atoms with Crippen molar-refractivity contribution < 1.29 is 0 Å². The van der Waals surface area contributed by atoms with Crippen molar-refractivity contribution in [1.82, 2.24) is 19.8 Å². The molecule has 1 aliphatic heterocycles. The highest BCUT2D eigenvalue weighted by Gasteiger charge is 2.09. The van der Waals surface area contributed by atoms with Gasteiger partial charge in [0.1, 0.15) is 5.82 Å². The first-order chi connectivity index (χ1) is 10.7. The summed E-state index contributed by atoms with van der Waals surface area (Å²) < 4.78 is 1.50. The van der Waals surface area contributed by atoms with E-state index < -0.39 is 0 Å². The SMILES string of the molecule is Nc1ccn(-c2ccc(CCN3CCNCC3)cc2)c(=O)n1. The van der Waals surface area contributed by atoms with Crippen LogP contribution >= 0.6 is 0 Å². The fourth-order valence-electron chi connectivity index (χ4n) is 2.66. The Balaban J connectivity index is 1.66. The van der Waals surface area contributed by atoms with E-state index in [1.165, 1.54) is 10.1 Å². The first kappa shape index (κ1) is 14.7. The molecule has 0 amide bonds. The number of nitrogens with two attached hydrogens (primary N) is 1. The van der Waals surface area contributed by atoms with Gasteiger partial charge in [-0.3, -0.25) is 4.57 Å². The monoisotopic (exact) mass is 299 g/mol. The molecule has 1 saturated heterocycles. The van der Waals surface area contributed by atoms with Crippen LogP contribution in [-0.4, -0.2) is 47.2 Å². The zero-order chi connectivity index (χ0) is 15.4. The van der Waals surface area contributed by atoms with Gasteiger partial charge in [0.15, 0.2) is 0 Å². The van der Waals surface area contributed by atoms with E-state index in [2.05, 4.69) is 27.3 Å². The van der Waals surface area contributed by atoms with Crippen LogP contribution in [0.4, 0.5) is 5.82 Å². The lowest BCUT2D eigenvalue weighted by molar-refractivity contribution is 0.244. The van der Waals surface area contributed by atoms with Gasteiger partial charge in [-0.2, -0.15) is 4.98 Å². The molecule has 0 radical (unpaired) electrons. The third kappa shape index (κ3) is 3.52. The summed E-state index contributed by atoms with van der Waals surface area (Å²) >= 11 is 0. The molecule has 1 aromatic heterocycles. The van der Waals surface area contributed by atoms with Crippen LogP contribution < -0.4 is 16.7 Å². The minimum atomic E-state index is -0.353. The van der Waals surface area contributed by atoms with Gasteiger partial charge < -0.3 is 16.0 Å². The number of rotatable bonds is 4. The molecular formula is C16H21N5O. The molecule has 0 unspecified atom stereocenters. The van der Waals surface area contributed by atoms with E-state index in [0.717, 1.165) is 44.8 Å². The molecule has 2 aromatic rings. The number of nitrogens with zero attached hydrogens (tertiary/aromatic N) is 3. The normalized spacial score (nSPS) is 15.8. The topological polar surface area (TPSA) is 76.2 Å². The summed E-state index contributed by atoms with van der Waals surface area (Å²) in [6, 6.07) is 9.67. The third-order valence-electron chi connectivity index (χ3n) is 3.97. The number of piperazine rings is 1. The average molecular weight is 299 g/mol. The van der Waals surface area contributed by atoms with E-state index in [4.69, 9.17) is 5.73 Å². The Morgan fingerprint density at radius 3 is 2.55 bits per heavy atom. The summed E-state index contributed by atoms with van der Waals surface area (Å²) in [6.45, 7) is 5.46. The van der Waals surface area contributed by atoms with Gasteiger partial charge >= 0.3 is 5.69 Å². The predicted octanol–water partition coefficient (Wildman–Crippen LogP) is 0.262. The maximum atomic E-state index is 11.8. The first-order valence-electron chi connectivity index (χ1n) is 7.60. The Labute approximate surface area is 129 Å². The fraction of sp³-hybridized carbons (Fsp3) is 0.375. The molecule has 1 fully saturated rings. The molecule has 6 nitrogen and oxygen atoms in total. The number of aromatic nitrogens is 2. The van der Waals surface area contributed by atoms with Crippen molar-refractivity contribution in [2.75, 3.05) is 38.5 Å². The number of nitrogen functional groups attached to an aromatic ring is 1. The molecule has 0 atom stereocenters. The van der Waals surface area contributed by atoms with Crippen molar-refractivity contribution in [3.63, 3.8) is 0 Å². The molecule has 0 bridgehead atoms. The van der Waals surface area contributed by atoms with Gasteiger partial charge in [-0.1, -0.05) is 12.1 Å². The standard InChI is InChI=1S/C16H21N5O/c17-15-6-10-21(16(22)19-15)14-3-1-13(2-4-14)5-9-20-11-7-18-8-12-20/h1-4,6,10,18H,5,7-9,11-12H2,(H2,17,19,22). The van der Waals surface area contributed by atoms with E-state index in [9.17, 15) is 4.79 Å². The van der Waals surface area contributed by atoms with Crippen molar-refractivity contribution in [3.8, 4) is 5.69 Å². The van der Waals surface area contributed by atoms with Crippen molar-refractivity contribution in [3.05, 3.63) is 52.6 Å². The quantitative estimate of drug-likeness (QED) is 0.847. The third-order valence-corrected chi connectivity index (χ3v) is 3.97. The molecule has 0 aliphatic carbocycles. The molecule has 6 heteroatoms. The van der Waals surface area contributed by atoms with E-state index in [1.807, 2.05) is 12.1 Å². The van der Waals surface area contributed by atoms with Crippen molar-refractivity contribution in [2.45, 2.75) is 6.42 Å². The average Bonchev–Trinajstić information content (AvgIpc) is 2.55. The van der Waals surface area contributed by atoms with E-state index in [-0.39, 0.29) is 11.5 Å². The summed E-state index contributed by atoms with van der Waals surface area (Å²) in [4.78, 5) is 18.0. The first-order valence-corrected chi connectivity index (χ1v) is 7.60. The summed E-state index contributed by atoms with van der Waals surface area (Å²) in [5, 5.41) is 3.36. The molecule has 1 aromatic carbocycles. The van der Waals surface area contributed by atoms with E-state index in [1.54, 1.807) is 12.3 Å². The lowest BCUT2D eigenvalue weighted by Crippen LogP contribution is -2.44. The molecule has 3 rings (SSSR count). The summed E-state index contributed by atoms with van der Waals surface area (Å²) in [5.41, 5.74) is 7.24. The molecular weight excluding hydrogens is 278 g/mol. The van der Waals surface area contributed by atoms with Gasteiger partial charge in [-0.25, -0.2) is 4.79 Å². The number of anilines is 1. The smallest absolute Gasteiger partial charge is 0.354 e. The van der Waals surface area contributed by atoms with Crippen molar-refractivity contribution in [1.29, 1.82) is 0 Å². The summed E-state index contributed by atoms with van der Waals surface area (Å²) in [7, 11) is 0. The molecule has 22 heavy (non-hydrogen) atoms. The Kier molecular flexibility index (Phi) is 4.50. The maximum Gasteiger partial charge on any atom is 0.354 e. The van der Waals surface area contributed by atoms with Gasteiger partial charge in [0, 0.05) is 38.9 Å². The number of hydrogen-bond donors (Lipinski definition) is 2. The van der Waals surface area contributed by atoms with Crippen LogP contribution in [0.3, 0.4) is 0 Å². The molecule has 3 N–H and O–H groups in total. The second-order valence-corrected chi connectivity index (χ2v) is 5.51. The minimum Gasteiger partial charge on any atom is -0.383 e. The predicted molar refractivity (Wildman–Crippen MR) is 87.3 cm³/mol. The Morgan fingerprint density at radius 1 is 1.14 bits per heavy atom. The van der Waals surface area contributed by atoms with Crippen LogP contribution in [-0.2, 0) is 6.42 Å². The molecule has 116 valence electrons. The van der Waals surface area contributed by atoms with Gasteiger partial charge in [0.2, 0.25) is 0 Å². The second-order valence-electron chi connectivity index (χ2n) is 5.51. The van der Waals surface area contributed by atoms with Gasteiger partial charge in [-0.05, 0) is 30.2 Å². The van der Waals surface area contributed by atoms with Crippen LogP contribution in [0.5, 0.6) is 0 Å². The highest BCUT2D eigenvalue weighted by Crippen LogP contribution is 2.09. The lowest BCUT2D eigenvalue weighted by atomic mass is 10.1. The summed E-state index contributed by atoms with van der Waals surface area (Å²) in [5.74, 6) is 0.244. The zero-order valence-electron chi connectivity index (χ0n) is 12.5. The van der Waals surface area contributed by atoms with Crippen LogP contribution in [0, 0.1) is 0 Å². The van der Waals surface area contributed by atoms with E-state index >= 15 is 0 Å². The highest BCUT2D eigenvalue weighted by molar-refractivity contribution is 5.36. The van der Waals surface area contributed by atoms with Gasteiger partial charge in [-0.15, -0.1) is 0 Å². The lowest BCUT2D eigenvalue weighted by Gasteiger charge is -2.27. The maximum absolute atomic E-state index is 11.8. The Morgan fingerprint density at radius 2 is 1.86 bits per heavy atom. The Bertz CT molecular complexity index is 674. The zero-order valence-corrected chi connectivity index (χ0v) is 12.5. The molecule has 0 saturated carbocycles. The largest absolute Gasteiger partial charge is 0.383 e. The number of benzene rings is 1. The van der Waals surface area contributed by atoms with E-state index in [0.29, 0.717) is 0 Å². The molecule has 0 spiro atoms. The van der Waals surface area contributed by atoms with Crippen LogP contribution in [0.1, 0.15) is 5.56 Å². The van der Waals surface area contributed by atoms with Crippen molar-refractivity contribution >= 4 is 5.82 Å². The van der Waals surface area contributed by atoms with Gasteiger partial charge in [0.25, 0.3) is 0 Å². The number of hydrogen-bond acceptors (Lipinski definition) is 5.